The number of pyridine rings is 1. The Kier molecular flexibility index (Phi) is 5.69. The second kappa shape index (κ2) is 7.74. The van der Waals surface area contributed by atoms with Crippen molar-refractivity contribution in [2.24, 2.45) is 11.5 Å². The number of halogens is 4. The lowest BCUT2D eigenvalue weighted by Gasteiger charge is -2.09. The third kappa shape index (κ3) is 4.32. The van der Waals surface area contributed by atoms with Gasteiger partial charge in [0.1, 0.15) is 5.56 Å². The lowest BCUT2D eigenvalue weighted by molar-refractivity contribution is -0.117. The van der Waals surface area contributed by atoms with Gasteiger partial charge >= 0.3 is 0 Å². The van der Waals surface area contributed by atoms with Gasteiger partial charge in [-0.1, -0.05) is 11.8 Å². The van der Waals surface area contributed by atoms with Crippen molar-refractivity contribution in [2.75, 3.05) is 11.9 Å². The largest absolute Gasteiger partial charge is 0.328 e. The van der Waals surface area contributed by atoms with Crippen molar-refractivity contribution in [3.8, 4) is 11.8 Å². The number of nitrogens with one attached hydrogen (secondary N) is 1. The number of hydrogen-bond donors (Lipinski definition) is 3. The molecule has 1 aromatic heterocycles. The molecule has 1 aromatic carbocycles. The quantitative estimate of drug-likeness (QED) is 0.440. The van der Waals surface area contributed by atoms with Gasteiger partial charge in [0.25, 0.3) is 11.9 Å². The third-order valence-electron chi connectivity index (χ3n) is 3.07. The van der Waals surface area contributed by atoms with Crippen LogP contribution in [-0.2, 0) is 4.79 Å². The molecule has 0 aliphatic heterocycles. The Labute approximate surface area is 140 Å². The molecule has 2 rings (SSSR count). The summed E-state index contributed by atoms with van der Waals surface area (Å²) in [7, 11) is 0. The molecule has 1 amide bonds. The molecule has 0 bridgehead atoms. The molecule has 130 valence electrons. The van der Waals surface area contributed by atoms with Gasteiger partial charge in [-0.25, -0.2) is 8.78 Å². The molecule has 1 atom stereocenters. The third-order valence-corrected chi connectivity index (χ3v) is 3.07. The molecular formula is C16H12F4N4O. The molecule has 0 spiro atoms. The molecule has 0 fully saturated rings. The number of carbonyl (C=O) groups is 1. The zero-order valence-electron chi connectivity index (χ0n) is 12.6. The first-order valence-corrected chi connectivity index (χ1v) is 6.92. The average Bonchev–Trinajstić information content (AvgIpc) is 2.60. The van der Waals surface area contributed by atoms with Crippen LogP contribution in [0.5, 0.6) is 0 Å². The first-order valence-electron chi connectivity index (χ1n) is 6.92. The normalized spacial score (nSPS) is 11.4. The van der Waals surface area contributed by atoms with E-state index < -0.39 is 41.0 Å². The topological polar surface area (TPSA) is 94.0 Å². The number of carbonyl (C=O) groups excluding carboxylic acids is 1. The summed E-state index contributed by atoms with van der Waals surface area (Å²) >= 11 is 0. The van der Waals surface area contributed by atoms with E-state index in [0.29, 0.717) is 5.69 Å². The number of benzene rings is 1. The van der Waals surface area contributed by atoms with Crippen LogP contribution >= 0.6 is 0 Å². The first-order chi connectivity index (χ1) is 11.8. The molecule has 1 heterocycles. The van der Waals surface area contributed by atoms with E-state index in [2.05, 4.69) is 16.2 Å². The summed E-state index contributed by atoms with van der Waals surface area (Å²) in [6.45, 7) is -0.0222. The molecule has 2 aromatic rings. The summed E-state index contributed by atoms with van der Waals surface area (Å²) in [6, 6.07) is 4.93. The Hall–Kier alpha value is -2.96. The Morgan fingerprint density at radius 3 is 2.16 bits per heavy atom. The van der Waals surface area contributed by atoms with Gasteiger partial charge in [-0.2, -0.15) is 13.8 Å². The van der Waals surface area contributed by atoms with Crippen LogP contribution in [0.25, 0.3) is 0 Å². The summed E-state index contributed by atoms with van der Waals surface area (Å²) in [5, 5.41) is 2.51. The summed E-state index contributed by atoms with van der Waals surface area (Å²) in [5.41, 5.74) is 10.4. The molecule has 9 heteroatoms. The highest BCUT2D eigenvalue weighted by atomic mass is 19.2. The molecule has 0 saturated carbocycles. The van der Waals surface area contributed by atoms with E-state index in [-0.39, 0.29) is 12.1 Å². The van der Waals surface area contributed by atoms with E-state index in [1.165, 1.54) is 24.3 Å². The fourth-order valence-corrected chi connectivity index (χ4v) is 1.71. The monoisotopic (exact) mass is 352 g/mol. The Bertz CT molecular complexity index is 833. The lowest BCUT2D eigenvalue weighted by atomic mass is 10.1. The van der Waals surface area contributed by atoms with E-state index in [1.54, 1.807) is 0 Å². The molecular weight excluding hydrogens is 340 g/mol. The molecule has 0 radical (unpaired) electrons. The van der Waals surface area contributed by atoms with Gasteiger partial charge in [0.05, 0.1) is 6.04 Å². The molecule has 5 nitrogen and oxygen atoms in total. The van der Waals surface area contributed by atoms with Crippen molar-refractivity contribution in [1.29, 1.82) is 0 Å². The van der Waals surface area contributed by atoms with Crippen molar-refractivity contribution in [2.45, 2.75) is 6.04 Å². The van der Waals surface area contributed by atoms with Gasteiger partial charge in [0, 0.05) is 17.8 Å². The summed E-state index contributed by atoms with van der Waals surface area (Å²) in [6.07, 6.45) is 0. The molecule has 0 aliphatic carbocycles. The minimum Gasteiger partial charge on any atom is -0.328 e. The van der Waals surface area contributed by atoms with Crippen molar-refractivity contribution in [1.82, 2.24) is 4.98 Å². The summed E-state index contributed by atoms with van der Waals surface area (Å²) < 4.78 is 52.9. The van der Waals surface area contributed by atoms with Crippen molar-refractivity contribution < 1.29 is 22.4 Å². The van der Waals surface area contributed by atoms with Crippen LogP contribution in [0.3, 0.4) is 0 Å². The van der Waals surface area contributed by atoms with Crippen LogP contribution in [0.4, 0.5) is 23.2 Å². The smallest absolute Gasteiger partial charge is 0.253 e. The number of nitrogens with two attached hydrogens (primary N) is 2. The van der Waals surface area contributed by atoms with Gasteiger partial charge in [0.2, 0.25) is 5.91 Å². The van der Waals surface area contributed by atoms with Gasteiger partial charge in [-0.05, 0) is 24.3 Å². The van der Waals surface area contributed by atoms with Crippen molar-refractivity contribution in [3.63, 3.8) is 0 Å². The number of amides is 1. The molecule has 1 unspecified atom stereocenters. The van der Waals surface area contributed by atoms with E-state index in [9.17, 15) is 22.4 Å². The SMILES string of the molecule is NCC(N)C(=O)Nc1ccc(C#Cc2c(F)c(F)nc(F)c2F)cc1. The van der Waals surface area contributed by atoms with E-state index in [0.717, 1.165) is 0 Å². The summed E-state index contributed by atoms with van der Waals surface area (Å²) in [4.78, 5) is 14.0. The second-order valence-corrected chi connectivity index (χ2v) is 4.86. The number of anilines is 1. The molecule has 5 N–H and O–H groups in total. The van der Waals surface area contributed by atoms with Crippen LogP contribution in [0.15, 0.2) is 24.3 Å². The molecule has 0 saturated heterocycles. The second-order valence-electron chi connectivity index (χ2n) is 4.86. The van der Waals surface area contributed by atoms with E-state index in [4.69, 9.17) is 11.5 Å². The van der Waals surface area contributed by atoms with Gasteiger partial charge < -0.3 is 16.8 Å². The van der Waals surface area contributed by atoms with E-state index >= 15 is 0 Å². The highest BCUT2D eigenvalue weighted by molar-refractivity contribution is 5.94. The maximum Gasteiger partial charge on any atom is 0.253 e. The fraction of sp³-hybridized carbons (Fsp3) is 0.125. The standard InChI is InChI=1S/C16H12F4N4O/c17-12-10(13(18)15(20)24-14(12)19)6-3-8-1-4-9(5-2-8)23-16(25)11(22)7-21/h1-2,4-5,11H,7,21-22H2,(H,23,25). The highest BCUT2D eigenvalue weighted by Gasteiger charge is 2.19. The molecule has 0 aliphatic rings. The van der Waals surface area contributed by atoms with Crippen molar-refractivity contribution in [3.05, 3.63) is 58.9 Å². The lowest BCUT2D eigenvalue weighted by Crippen LogP contribution is -2.41. The predicted molar refractivity (Wildman–Crippen MR) is 82.2 cm³/mol. The highest BCUT2D eigenvalue weighted by Crippen LogP contribution is 2.16. The molecule has 25 heavy (non-hydrogen) atoms. The fourth-order valence-electron chi connectivity index (χ4n) is 1.71. The van der Waals surface area contributed by atoms with Gasteiger partial charge in [0.15, 0.2) is 11.6 Å². The Morgan fingerprint density at radius 2 is 1.64 bits per heavy atom. The van der Waals surface area contributed by atoms with Gasteiger partial charge in [-0.15, -0.1) is 0 Å². The zero-order chi connectivity index (χ0) is 18.6. The number of hydrogen-bond acceptors (Lipinski definition) is 4. The number of aromatic nitrogens is 1. The van der Waals surface area contributed by atoms with Crippen LogP contribution in [0, 0.1) is 35.4 Å². The van der Waals surface area contributed by atoms with Crippen LogP contribution < -0.4 is 16.8 Å². The van der Waals surface area contributed by atoms with E-state index in [1.807, 2.05) is 5.92 Å². The van der Waals surface area contributed by atoms with Crippen LogP contribution in [0.2, 0.25) is 0 Å². The van der Waals surface area contributed by atoms with Crippen LogP contribution in [0.1, 0.15) is 11.1 Å². The minimum atomic E-state index is -1.78. The Morgan fingerprint density at radius 1 is 1.08 bits per heavy atom. The maximum atomic E-state index is 13.4. The predicted octanol–water partition coefficient (Wildman–Crippen LogP) is 1.26. The number of rotatable bonds is 3. The van der Waals surface area contributed by atoms with Gasteiger partial charge in [-0.3, -0.25) is 4.79 Å². The zero-order valence-corrected chi connectivity index (χ0v) is 12.6. The van der Waals surface area contributed by atoms with Crippen molar-refractivity contribution >= 4 is 11.6 Å². The average molecular weight is 352 g/mol. The first kappa shape index (κ1) is 18.4. The maximum absolute atomic E-state index is 13.4. The van der Waals surface area contributed by atoms with Crippen LogP contribution in [-0.4, -0.2) is 23.5 Å². The summed E-state index contributed by atoms with van der Waals surface area (Å²) in [5.74, 6) is -3.00. The number of nitrogens with zero attached hydrogens (tertiary/aromatic N) is 1. The Balaban J connectivity index is 2.21. The minimum absolute atomic E-state index is 0.0222.